The van der Waals surface area contributed by atoms with Crippen molar-refractivity contribution in [2.75, 3.05) is 6.61 Å². The first-order valence-corrected chi connectivity index (χ1v) is 25.5. The average molecular weight is 759 g/mol. The van der Waals surface area contributed by atoms with E-state index in [0.717, 1.165) is 25.2 Å². The monoisotopic (exact) mass is 759 g/mol. The first kappa shape index (κ1) is 53.2. The van der Waals surface area contributed by atoms with Gasteiger partial charge in [0.05, 0.1) is 6.61 Å². The Morgan fingerprint density at radius 2 is 0.685 bits per heavy atom. The van der Waals surface area contributed by atoms with Crippen molar-refractivity contribution in [1.82, 2.24) is 0 Å². The second-order valence-electron chi connectivity index (χ2n) is 17.8. The Morgan fingerprint density at radius 3 is 1.04 bits per heavy atom. The summed E-state index contributed by atoms with van der Waals surface area (Å²) in [6, 6.07) is 0. The Kier molecular flexibility index (Phi) is 47.7. The Bertz CT molecular complexity index is 713. The zero-order valence-corrected chi connectivity index (χ0v) is 37.9. The van der Waals surface area contributed by atoms with E-state index < -0.39 is 0 Å². The lowest BCUT2D eigenvalue weighted by Gasteiger charge is -2.07. The summed E-state index contributed by atoms with van der Waals surface area (Å²) in [5.41, 5.74) is 0. The molecule has 0 bridgehead atoms. The van der Waals surface area contributed by atoms with Gasteiger partial charge >= 0.3 is 5.97 Å². The van der Waals surface area contributed by atoms with Crippen LogP contribution in [0.3, 0.4) is 0 Å². The zero-order chi connectivity index (χ0) is 39.1. The van der Waals surface area contributed by atoms with Gasteiger partial charge in [-0.05, 0) is 44.4 Å². The van der Waals surface area contributed by atoms with E-state index in [1.54, 1.807) is 0 Å². The van der Waals surface area contributed by atoms with Crippen molar-refractivity contribution in [3.63, 3.8) is 0 Å². The molecule has 0 aliphatic carbocycles. The van der Waals surface area contributed by atoms with E-state index in [2.05, 4.69) is 32.9 Å². The van der Waals surface area contributed by atoms with Gasteiger partial charge in [-0.2, -0.15) is 0 Å². The predicted octanol–water partition coefficient (Wildman–Crippen LogP) is 18.9. The van der Waals surface area contributed by atoms with E-state index in [9.17, 15) is 4.79 Å². The van der Waals surface area contributed by atoms with Gasteiger partial charge in [-0.1, -0.05) is 270 Å². The molecule has 0 N–H and O–H groups in total. The fourth-order valence-electron chi connectivity index (χ4n) is 7.99. The maximum absolute atomic E-state index is 12.0. The Labute approximate surface area is 342 Å². The summed E-state index contributed by atoms with van der Waals surface area (Å²) in [4.78, 5) is 12.0. The number of carbonyl (C=O) groups is 1. The lowest BCUT2D eigenvalue weighted by Crippen LogP contribution is -2.05. The first-order chi connectivity index (χ1) is 26.7. The molecule has 322 valence electrons. The first-order valence-electron chi connectivity index (χ1n) is 25.5. The highest BCUT2D eigenvalue weighted by Crippen LogP contribution is 2.18. The van der Waals surface area contributed by atoms with E-state index in [1.165, 1.54) is 257 Å². The van der Waals surface area contributed by atoms with Crippen molar-refractivity contribution < 1.29 is 9.53 Å². The summed E-state index contributed by atoms with van der Waals surface area (Å²) in [6.45, 7) is 7.63. The number of allylic oxidation sites excluding steroid dienone is 2. The van der Waals surface area contributed by atoms with Crippen molar-refractivity contribution in [3.05, 3.63) is 12.2 Å². The molecule has 2 nitrogen and oxygen atoms in total. The van der Waals surface area contributed by atoms with Crippen LogP contribution < -0.4 is 0 Å². The van der Waals surface area contributed by atoms with Gasteiger partial charge < -0.3 is 4.74 Å². The minimum atomic E-state index is 0.0202. The van der Waals surface area contributed by atoms with Crippen LogP contribution in [0.2, 0.25) is 0 Å². The lowest BCUT2D eigenvalue weighted by molar-refractivity contribution is -0.143. The summed E-state index contributed by atoms with van der Waals surface area (Å²) < 4.78 is 5.47. The molecule has 0 fully saturated rings. The van der Waals surface area contributed by atoms with Crippen LogP contribution in [0.4, 0.5) is 0 Å². The molecule has 0 aromatic carbocycles. The van der Waals surface area contributed by atoms with Gasteiger partial charge in [-0.3, -0.25) is 4.79 Å². The second kappa shape index (κ2) is 48.4. The van der Waals surface area contributed by atoms with Crippen LogP contribution in [0.25, 0.3) is 0 Å². The highest BCUT2D eigenvalue weighted by Gasteiger charge is 2.03. The van der Waals surface area contributed by atoms with Crippen LogP contribution in [0.5, 0.6) is 0 Å². The molecule has 0 saturated heterocycles. The van der Waals surface area contributed by atoms with Crippen LogP contribution in [0.15, 0.2) is 12.2 Å². The van der Waals surface area contributed by atoms with Gasteiger partial charge in [0.15, 0.2) is 0 Å². The molecular formula is C52H102O2. The molecule has 0 aliphatic rings. The minimum Gasteiger partial charge on any atom is -0.466 e. The van der Waals surface area contributed by atoms with Gasteiger partial charge in [-0.25, -0.2) is 0 Å². The molecule has 0 saturated carbocycles. The Balaban J connectivity index is 3.14. The molecule has 0 spiro atoms. The van der Waals surface area contributed by atoms with Crippen molar-refractivity contribution in [2.45, 2.75) is 303 Å². The van der Waals surface area contributed by atoms with Crippen molar-refractivity contribution >= 4 is 5.97 Å². The van der Waals surface area contributed by atoms with Gasteiger partial charge in [0.1, 0.15) is 0 Å². The summed E-state index contributed by atoms with van der Waals surface area (Å²) in [5.74, 6) is 0.960. The molecule has 0 amide bonds. The second-order valence-corrected chi connectivity index (χ2v) is 17.8. The lowest BCUT2D eigenvalue weighted by atomic mass is 9.99. The van der Waals surface area contributed by atoms with E-state index in [0.29, 0.717) is 13.0 Å². The number of esters is 1. The Hall–Kier alpha value is -0.790. The third-order valence-electron chi connectivity index (χ3n) is 12.2. The molecule has 0 heterocycles. The van der Waals surface area contributed by atoms with Gasteiger partial charge in [-0.15, -0.1) is 0 Å². The van der Waals surface area contributed by atoms with Crippen molar-refractivity contribution in [1.29, 1.82) is 0 Å². The molecule has 1 unspecified atom stereocenters. The number of hydrogen-bond donors (Lipinski definition) is 0. The van der Waals surface area contributed by atoms with Crippen molar-refractivity contribution in [3.8, 4) is 0 Å². The summed E-state index contributed by atoms with van der Waals surface area (Å²) in [7, 11) is 0. The fourth-order valence-corrected chi connectivity index (χ4v) is 7.99. The molecule has 0 aliphatic heterocycles. The van der Waals surface area contributed by atoms with Gasteiger partial charge in [0.25, 0.3) is 0 Å². The molecular weight excluding hydrogens is 657 g/mol. The molecule has 1 atom stereocenters. The molecule has 0 aromatic rings. The number of carbonyl (C=O) groups excluding carboxylic acids is 1. The van der Waals surface area contributed by atoms with Crippen LogP contribution in [0, 0.1) is 5.92 Å². The highest BCUT2D eigenvalue weighted by molar-refractivity contribution is 5.69. The topological polar surface area (TPSA) is 26.3 Å². The molecule has 0 rings (SSSR count). The average Bonchev–Trinajstić information content (AvgIpc) is 3.18. The van der Waals surface area contributed by atoms with Crippen LogP contribution in [-0.2, 0) is 9.53 Å². The standard InChI is InChI=1S/C52H102O2/c1-4-6-7-8-9-10-11-30-34-37-40-43-46-49-52(53)54-50-47-44-41-38-35-32-29-27-25-23-21-19-17-15-13-12-14-16-18-20-22-24-26-28-31-33-36-39-42-45-48-51(3)5-2/h10-11,51H,4-9,12-50H2,1-3H3/b11-10-. The van der Waals surface area contributed by atoms with E-state index >= 15 is 0 Å². The minimum absolute atomic E-state index is 0.0202. The molecule has 0 radical (unpaired) electrons. The summed E-state index contributed by atoms with van der Waals surface area (Å²) >= 11 is 0. The van der Waals surface area contributed by atoms with Crippen LogP contribution in [0.1, 0.15) is 303 Å². The van der Waals surface area contributed by atoms with Crippen molar-refractivity contribution in [2.24, 2.45) is 5.92 Å². The number of hydrogen-bond acceptors (Lipinski definition) is 2. The SMILES string of the molecule is CCCCCC/C=C\CCCCCCCC(=O)OCCCCCCCCCCCCCCCCCCCCCCCCCCCCCCCCC(C)CC. The summed E-state index contributed by atoms with van der Waals surface area (Å²) in [5, 5.41) is 0. The zero-order valence-electron chi connectivity index (χ0n) is 37.9. The van der Waals surface area contributed by atoms with Crippen LogP contribution >= 0.6 is 0 Å². The maximum Gasteiger partial charge on any atom is 0.305 e. The largest absolute Gasteiger partial charge is 0.466 e. The van der Waals surface area contributed by atoms with Gasteiger partial charge in [0, 0.05) is 6.42 Å². The normalized spacial score (nSPS) is 12.3. The molecule has 0 aromatic heterocycles. The predicted molar refractivity (Wildman–Crippen MR) is 244 cm³/mol. The third-order valence-corrected chi connectivity index (χ3v) is 12.2. The highest BCUT2D eigenvalue weighted by atomic mass is 16.5. The van der Waals surface area contributed by atoms with E-state index in [1.807, 2.05) is 0 Å². The smallest absolute Gasteiger partial charge is 0.305 e. The quantitative estimate of drug-likeness (QED) is 0.0351. The van der Waals surface area contributed by atoms with E-state index in [-0.39, 0.29) is 5.97 Å². The third kappa shape index (κ3) is 47.4. The number of rotatable bonds is 47. The van der Waals surface area contributed by atoms with Crippen LogP contribution in [-0.4, -0.2) is 12.6 Å². The molecule has 54 heavy (non-hydrogen) atoms. The van der Waals surface area contributed by atoms with Gasteiger partial charge in [0.2, 0.25) is 0 Å². The maximum atomic E-state index is 12.0. The van der Waals surface area contributed by atoms with E-state index in [4.69, 9.17) is 4.74 Å². The summed E-state index contributed by atoms with van der Waals surface area (Å²) in [6.07, 6.45) is 65.0. The Morgan fingerprint density at radius 1 is 0.389 bits per heavy atom. The fraction of sp³-hybridized carbons (Fsp3) is 0.942. The number of ether oxygens (including phenoxy) is 1. The molecule has 2 heteroatoms. The number of unbranched alkanes of at least 4 members (excludes halogenated alkanes) is 38.